The van der Waals surface area contributed by atoms with E-state index in [0.29, 0.717) is 24.2 Å². The standard InChI is InChI=1S/C19H29NO/c1-3-5-14-6-8-15(9-7-14)19(20-12-4-2)17-13-16-10-11-18(17)21-16/h6-9,16-20H,3-5,10-13H2,1-2H3. The first-order valence-corrected chi connectivity index (χ1v) is 8.79. The Hall–Kier alpha value is -0.860. The average molecular weight is 287 g/mol. The van der Waals surface area contributed by atoms with Gasteiger partial charge in [-0.3, -0.25) is 0 Å². The molecule has 1 aromatic carbocycles. The number of benzene rings is 1. The molecule has 0 saturated carbocycles. The number of hydrogen-bond acceptors (Lipinski definition) is 2. The van der Waals surface area contributed by atoms with Crippen LogP contribution < -0.4 is 5.32 Å². The van der Waals surface area contributed by atoms with Crippen LogP contribution in [0.1, 0.15) is 63.1 Å². The summed E-state index contributed by atoms with van der Waals surface area (Å²) in [5, 5.41) is 3.78. The third kappa shape index (κ3) is 3.32. The van der Waals surface area contributed by atoms with E-state index in [4.69, 9.17) is 4.74 Å². The van der Waals surface area contributed by atoms with Crippen molar-refractivity contribution in [2.75, 3.05) is 6.54 Å². The van der Waals surface area contributed by atoms with Gasteiger partial charge in [-0.15, -0.1) is 0 Å². The Balaban J connectivity index is 1.75. The minimum atomic E-state index is 0.468. The zero-order valence-electron chi connectivity index (χ0n) is 13.5. The van der Waals surface area contributed by atoms with Gasteiger partial charge in [0.05, 0.1) is 12.2 Å². The molecular formula is C19H29NO. The molecule has 4 unspecified atom stereocenters. The topological polar surface area (TPSA) is 21.3 Å². The number of rotatable bonds is 7. The molecule has 1 N–H and O–H groups in total. The Labute approximate surface area is 129 Å². The van der Waals surface area contributed by atoms with Crippen LogP contribution in [0.5, 0.6) is 0 Å². The van der Waals surface area contributed by atoms with Crippen LogP contribution in [-0.4, -0.2) is 18.8 Å². The maximum Gasteiger partial charge on any atom is 0.0627 e. The largest absolute Gasteiger partial charge is 0.375 e. The molecule has 3 rings (SSSR count). The number of ether oxygens (including phenoxy) is 1. The van der Waals surface area contributed by atoms with Gasteiger partial charge in [0.15, 0.2) is 0 Å². The lowest BCUT2D eigenvalue weighted by molar-refractivity contribution is 0.0857. The van der Waals surface area contributed by atoms with E-state index in [1.165, 1.54) is 49.7 Å². The summed E-state index contributed by atoms with van der Waals surface area (Å²) in [6.45, 7) is 5.58. The highest BCUT2D eigenvalue weighted by Gasteiger charge is 2.44. The SMILES string of the molecule is CCCNC(c1ccc(CCC)cc1)C1CC2CCC1O2. The maximum atomic E-state index is 6.09. The molecule has 2 aliphatic rings. The summed E-state index contributed by atoms with van der Waals surface area (Å²) in [6.07, 6.45) is 8.38. The minimum Gasteiger partial charge on any atom is -0.375 e. The molecule has 21 heavy (non-hydrogen) atoms. The highest BCUT2D eigenvalue weighted by Crippen LogP contribution is 2.44. The molecule has 2 saturated heterocycles. The number of hydrogen-bond donors (Lipinski definition) is 1. The second-order valence-corrected chi connectivity index (χ2v) is 6.70. The molecule has 0 aromatic heterocycles. The molecule has 0 spiro atoms. The van der Waals surface area contributed by atoms with Crippen LogP contribution >= 0.6 is 0 Å². The average Bonchev–Trinajstić information content (AvgIpc) is 3.12. The van der Waals surface area contributed by atoms with Crippen molar-refractivity contribution < 1.29 is 4.74 Å². The first kappa shape index (κ1) is 15.1. The quantitative estimate of drug-likeness (QED) is 0.809. The van der Waals surface area contributed by atoms with Gasteiger partial charge >= 0.3 is 0 Å². The Morgan fingerprint density at radius 1 is 1.14 bits per heavy atom. The van der Waals surface area contributed by atoms with Crippen LogP contribution in [0.2, 0.25) is 0 Å². The number of fused-ring (bicyclic) bond motifs is 2. The van der Waals surface area contributed by atoms with Crippen LogP contribution in [0, 0.1) is 5.92 Å². The van der Waals surface area contributed by atoms with Crippen molar-refractivity contribution in [3.63, 3.8) is 0 Å². The Morgan fingerprint density at radius 2 is 1.95 bits per heavy atom. The summed E-state index contributed by atoms with van der Waals surface area (Å²) >= 11 is 0. The molecule has 2 aliphatic heterocycles. The molecule has 4 atom stereocenters. The van der Waals surface area contributed by atoms with Crippen molar-refractivity contribution in [2.24, 2.45) is 5.92 Å². The van der Waals surface area contributed by atoms with Crippen molar-refractivity contribution in [3.05, 3.63) is 35.4 Å². The highest BCUT2D eigenvalue weighted by molar-refractivity contribution is 5.26. The van der Waals surface area contributed by atoms with E-state index in [0.717, 1.165) is 6.54 Å². The van der Waals surface area contributed by atoms with Crippen molar-refractivity contribution in [3.8, 4) is 0 Å². The van der Waals surface area contributed by atoms with Crippen LogP contribution in [0.25, 0.3) is 0 Å². The van der Waals surface area contributed by atoms with Crippen molar-refractivity contribution in [1.29, 1.82) is 0 Å². The van der Waals surface area contributed by atoms with Crippen LogP contribution in [0.3, 0.4) is 0 Å². The first-order chi connectivity index (χ1) is 10.3. The monoisotopic (exact) mass is 287 g/mol. The molecular weight excluding hydrogens is 258 g/mol. The third-order valence-electron chi connectivity index (χ3n) is 5.07. The predicted molar refractivity (Wildman–Crippen MR) is 87.5 cm³/mol. The van der Waals surface area contributed by atoms with E-state index >= 15 is 0 Å². The molecule has 2 fully saturated rings. The molecule has 2 heterocycles. The van der Waals surface area contributed by atoms with E-state index in [-0.39, 0.29) is 0 Å². The predicted octanol–water partition coefficient (Wildman–Crippen LogP) is 4.25. The summed E-state index contributed by atoms with van der Waals surface area (Å²) < 4.78 is 6.09. The minimum absolute atomic E-state index is 0.468. The van der Waals surface area contributed by atoms with E-state index < -0.39 is 0 Å². The fourth-order valence-corrected chi connectivity index (χ4v) is 4.02. The molecule has 2 bridgehead atoms. The van der Waals surface area contributed by atoms with E-state index in [9.17, 15) is 0 Å². The molecule has 2 nitrogen and oxygen atoms in total. The van der Waals surface area contributed by atoms with Gasteiger partial charge in [0.25, 0.3) is 0 Å². The molecule has 2 heteroatoms. The second-order valence-electron chi connectivity index (χ2n) is 6.70. The Morgan fingerprint density at radius 3 is 2.52 bits per heavy atom. The van der Waals surface area contributed by atoms with Gasteiger partial charge in [0.1, 0.15) is 0 Å². The van der Waals surface area contributed by atoms with Crippen molar-refractivity contribution in [1.82, 2.24) is 5.32 Å². The molecule has 0 amide bonds. The lowest BCUT2D eigenvalue weighted by atomic mass is 9.80. The van der Waals surface area contributed by atoms with Gasteiger partial charge in [-0.25, -0.2) is 0 Å². The maximum absolute atomic E-state index is 6.09. The number of nitrogens with one attached hydrogen (secondary N) is 1. The van der Waals surface area contributed by atoms with E-state index in [1.807, 2.05) is 0 Å². The summed E-state index contributed by atoms with van der Waals surface area (Å²) in [4.78, 5) is 0. The number of aryl methyl sites for hydroxylation is 1. The van der Waals surface area contributed by atoms with Gasteiger partial charge in [-0.05, 0) is 49.8 Å². The van der Waals surface area contributed by atoms with Gasteiger partial charge < -0.3 is 10.1 Å². The fraction of sp³-hybridized carbons (Fsp3) is 0.684. The van der Waals surface area contributed by atoms with E-state index in [1.54, 1.807) is 0 Å². The first-order valence-electron chi connectivity index (χ1n) is 8.79. The van der Waals surface area contributed by atoms with Crippen molar-refractivity contribution in [2.45, 2.75) is 70.6 Å². The van der Waals surface area contributed by atoms with Gasteiger partial charge in [0.2, 0.25) is 0 Å². The fourth-order valence-electron chi connectivity index (χ4n) is 4.02. The van der Waals surface area contributed by atoms with Crippen molar-refractivity contribution >= 4 is 0 Å². The molecule has 0 aliphatic carbocycles. The molecule has 116 valence electrons. The highest BCUT2D eigenvalue weighted by atomic mass is 16.5. The summed E-state index contributed by atoms with van der Waals surface area (Å²) in [7, 11) is 0. The summed E-state index contributed by atoms with van der Waals surface area (Å²) in [6, 6.07) is 9.77. The lowest BCUT2D eigenvalue weighted by Gasteiger charge is -2.30. The summed E-state index contributed by atoms with van der Waals surface area (Å²) in [5.74, 6) is 0.660. The lowest BCUT2D eigenvalue weighted by Crippen LogP contribution is -2.34. The zero-order chi connectivity index (χ0) is 14.7. The Bertz CT molecular complexity index is 441. The van der Waals surface area contributed by atoms with Gasteiger partial charge in [-0.1, -0.05) is 44.5 Å². The molecule has 0 radical (unpaired) electrons. The van der Waals surface area contributed by atoms with Crippen LogP contribution in [0.15, 0.2) is 24.3 Å². The van der Waals surface area contributed by atoms with E-state index in [2.05, 4.69) is 43.4 Å². The van der Waals surface area contributed by atoms with Crippen LogP contribution in [-0.2, 0) is 11.2 Å². The normalized spacial score (nSPS) is 29.0. The summed E-state index contributed by atoms with van der Waals surface area (Å²) in [5.41, 5.74) is 2.91. The smallest absolute Gasteiger partial charge is 0.0627 e. The zero-order valence-corrected chi connectivity index (χ0v) is 13.5. The third-order valence-corrected chi connectivity index (χ3v) is 5.07. The van der Waals surface area contributed by atoms with Crippen LogP contribution in [0.4, 0.5) is 0 Å². The van der Waals surface area contributed by atoms with Gasteiger partial charge in [-0.2, -0.15) is 0 Å². The second kappa shape index (κ2) is 6.93. The Kier molecular flexibility index (Phi) is 4.97. The van der Waals surface area contributed by atoms with Gasteiger partial charge in [0, 0.05) is 12.0 Å². The molecule has 1 aromatic rings.